The number of nitrogens with one attached hydrogen (secondary N) is 2. The van der Waals surface area contributed by atoms with Crippen LogP contribution in [0.3, 0.4) is 0 Å². The highest BCUT2D eigenvalue weighted by atomic mass is 35.5. The lowest BCUT2D eigenvalue weighted by molar-refractivity contribution is -0.125. The minimum atomic E-state index is -0.602. The first-order valence-corrected chi connectivity index (χ1v) is 12.5. The van der Waals surface area contributed by atoms with Crippen LogP contribution in [0, 0.1) is 0 Å². The van der Waals surface area contributed by atoms with Crippen LogP contribution in [0.25, 0.3) is 11.3 Å². The summed E-state index contributed by atoms with van der Waals surface area (Å²) in [6, 6.07) is 14.9. The topological polar surface area (TPSA) is 96.5 Å². The highest BCUT2D eigenvalue weighted by molar-refractivity contribution is 6.33. The van der Waals surface area contributed by atoms with E-state index in [1.807, 2.05) is 42.5 Å². The van der Waals surface area contributed by atoms with E-state index >= 15 is 0 Å². The molecule has 2 N–H and O–H groups in total. The van der Waals surface area contributed by atoms with Crippen LogP contribution in [0.15, 0.2) is 54.7 Å². The second kappa shape index (κ2) is 10.6. The zero-order valence-corrected chi connectivity index (χ0v) is 20.8. The molecule has 2 amide bonds. The molecule has 2 aliphatic heterocycles. The predicted octanol–water partition coefficient (Wildman–Crippen LogP) is 4.05. The quantitative estimate of drug-likeness (QED) is 0.503. The Balaban J connectivity index is 1.30. The summed E-state index contributed by atoms with van der Waals surface area (Å²) < 4.78 is 5.41. The highest BCUT2D eigenvalue weighted by Gasteiger charge is 2.34. The zero-order chi connectivity index (χ0) is 25.1. The lowest BCUT2D eigenvalue weighted by atomic mass is 10.0. The number of hydrogen-bond acceptors (Lipinski definition) is 6. The van der Waals surface area contributed by atoms with E-state index in [0.717, 1.165) is 29.5 Å². The molecule has 9 heteroatoms. The van der Waals surface area contributed by atoms with Crippen molar-refractivity contribution in [2.45, 2.75) is 44.9 Å². The van der Waals surface area contributed by atoms with Gasteiger partial charge in [-0.3, -0.25) is 9.59 Å². The fourth-order valence-electron chi connectivity index (χ4n) is 4.52. The van der Waals surface area contributed by atoms with Gasteiger partial charge in [-0.25, -0.2) is 9.97 Å². The summed E-state index contributed by atoms with van der Waals surface area (Å²) in [5.41, 5.74) is 3.73. The predicted molar refractivity (Wildman–Crippen MR) is 138 cm³/mol. The van der Waals surface area contributed by atoms with Gasteiger partial charge < -0.3 is 20.3 Å². The molecule has 2 aliphatic rings. The molecule has 0 aliphatic carbocycles. The summed E-state index contributed by atoms with van der Waals surface area (Å²) in [6.45, 7) is 3.97. The Kier molecular flexibility index (Phi) is 7.16. The van der Waals surface area contributed by atoms with Gasteiger partial charge in [-0.15, -0.1) is 0 Å². The van der Waals surface area contributed by atoms with Gasteiger partial charge in [0.05, 0.1) is 16.9 Å². The van der Waals surface area contributed by atoms with E-state index in [1.165, 1.54) is 0 Å². The van der Waals surface area contributed by atoms with Crippen LogP contribution in [0.2, 0.25) is 5.02 Å². The van der Waals surface area contributed by atoms with Crippen LogP contribution in [0.4, 0.5) is 5.95 Å². The number of fused-ring (bicyclic) bond motifs is 1. The molecule has 0 radical (unpaired) electrons. The average Bonchev–Trinajstić information content (AvgIpc) is 3.24. The van der Waals surface area contributed by atoms with Gasteiger partial charge in [0.1, 0.15) is 6.04 Å². The maximum atomic E-state index is 13.3. The minimum Gasteiger partial charge on any atom is -0.381 e. The molecule has 186 valence electrons. The number of ether oxygens (including phenoxy) is 1. The molecule has 5 rings (SSSR count). The Morgan fingerprint density at radius 2 is 1.97 bits per heavy atom. The molecule has 1 fully saturated rings. The van der Waals surface area contributed by atoms with E-state index in [9.17, 15) is 9.59 Å². The number of rotatable bonds is 7. The molecule has 0 bridgehead atoms. The fraction of sp³-hybridized carbons (Fsp3) is 0.333. The lowest BCUT2D eigenvalue weighted by Gasteiger charge is -2.23. The van der Waals surface area contributed by atoms with Gasteiger partial charge in [0.15, 0.2) is 0 Å². The number of amides is 2. The van der Waals surface area contributed by atoms with Gasteiger partial charge >= 0.3 is 0 Å². The Morgan fingerprint density at radius 3 is 2.75 bits per heavy atom. The van der Waals surface area contributed by atoms with Crippen LogP contribution in [-0.2, 0) is 22.6 Å². The third-order valence-electron chi connectivity index (χ3n) is 6.67. The second-order valence-corrected chi connectivity index (χ2v) is 9.51. The molecule has 2 aromatic carbocycles. The van der Waals surface area contributed by atoms with Crippen LogP contribution in [-0.4, -0.2) is 52.0 Å². The number of benzene rings is 2. The van der Waals surface area contributed by atoms with Gasteiger partial charge in [0.2, 0.25) is 11.9 Å². The van der Waals surface area contributed by atoms with Crippen molar-refractivity contribution in [3.8, 4) is 11.3 Å². The van der Waals surface area contributed by atoms with Crippen molar-refractivity contribution in [3.63, 3.8) is 0 Å². The van der Waals surface area contributed by atoms with Crippen LogP contribution >= 0.6 is 11.6 Å². The summed E-state index contributed by atoms with van der Waals surface area (Å²) in [5, 5.41) is 6.69. The van der Waals surface area contributed by atoms with Crippen molar-refractivity contribution in [2.75, 3.05) is 18.5 Å². The fourth-order valence-corrected chi connectivity index (χ4v) is 4.72. The molecule has 0 saturated carbocycles. The van der Waals surface area contributed by atoms with E-state index in [4.69, 9.17) is 16.3 Å². The molecule has 1 atom stereocenters. The SMILES string of the molecule is C[C@H](C(=O)NCc1ccccc1)N1Cc2ccc(-c3nc(NC4CCOCC4)ncc3Cl)cc2C1=O. The summed E-state index contributed by atoms with van der Waals surface area (Å²) in [5.74, 6) is 0.126. The normalized spacial score (nSPS) is 16.5. The number of aromatic nitrogens is 2. The Bertz CT molecular complexity index is 1260. The monoisotopic (exact) mass is 505 g/mol. The number of carbonyl (C=O) groups excluding carboxylic acids is 2. The summed E-state index contributed by atoms with van der Waals surface area (Å²) in [7, 11) is 0. The standard InChI is InChI=1S/C27H28ClN5O3/c1-17(25(34)29-14-18-5-3-2-4-6-18)33-16-20-8-7-19(13-22(20)26(33)35)24-23(28)15-30-27(32-24)31-21-9-11-36-12-10-21/h2-8,13,15,17,21H,9-12,14,16H2,1H3,(H,29,34)(H,30,31,32)/t17-/m1/s1. The number of hydrogen-bond donors (Lipinski definition) is 2. The molecule has 36 heavy (non-hydrogen) atoms. The number of anilines is 1. The number of nitrogens with zero attached hydrogens (tertiary/aromatic N) is 3. The zero-order valence-electron chi connectivity index (χ0n) is 20.0. The smallest absolute Gasteiger partial charge is 0.255 e. The van der Waals surface area contributed by atoms with Crippen molar-refractivity contribution in [1.82, 2.24) is 20.2 Å². The Hall–Kier alpha value is -3.49. The molecule has 8 nitrogen and oxygen atoms in total. The number of carbonyl (C=O) groups is 2. The van der Waals surface area contributed by atoms with Crippen molar-refractivity contribution in [3.05, 3.63) is 76.4 Å². The summed E-state index contributed by atoms with van der Waals surface area (Å²) in [4.78, 5) is 36.6. The van der Waals surface area contributed by atoms with Crippen molar-refractivity contribution >= 4 is 29.4 Å². The van der Waals surface area contributed by atoms with E-state index in [1.54, 1.807) is 24.1 Å². The van der Waals surface area contributed by atoms with E-state index < -0.39 is 6.04 Å². The van der Waals surface area contributed by atoms with Gasteiger partial charge in [-0.2, -0.15) is 0 Å². The van der Waals surface area contributed by atoms with Gasteiger partial charge in [0, 0.05) is 43.5 Å². The van der Waals surface area contributed by atoms with E-state index in [0.29, 0.717) is 48.5 Å². The number of halogens is 1. The Morgan fingerprint density at radius 1 is 1.19 bits per heavy atom. The molecular weight excluding hydrogens is 478 g/mol. The van der Waals surface area contributed by atoms with Crippen molar-refractivity contribution in [2.24, 2.45) is 0 Å². The molecule has 0 spiro atoms. The van der Waals surface area contributed by atoms with Gasteiger partial charge in [-0.1, -0.05) is 54.1 Å². The minimum absolute atomic E-state index is 0.181. The van der Waals surface area contributed by atoms with Crippen molar-refractivity contribution in [1.29, 1.82) is 0 Å². The molecule has 3 aromatic rings. The third-order valence-corrected chi connectivity index (χ3v) is 6.95. The average molecular weight is 506 g/mol. The molecule has 0 unspecified atom stereocenters. The second-order valence-electron chi connectivity index (χ2n) is 9.11. The first kappa shape index (κ1) is 24.2. The maximum Gasteiger partial charge on any atom is 0.255 e. The largest absolute Gasteiger partial charge is 0.381 e. The lowest BCUT2D eigenvalue weighted by Crippen LogP contribution is -2.45. The third kappa shape index (κ3) is 5.20. The van der Waals surface area contributed by atoms with Crippen molar-refractivity contribution < 1.29 is 14.3 Å². The molecule has 1 aromatic heterocycles. The van der Waals surface area contributed by atoms with Crippen LogP contribution in [0.1, 0.15) is 41.3 Å². The van der Waals surface area contributed by atoms with Gasteiger partial charge in [-0.05, 0) is 37.0 Å². The maximum absolute atomic E-state index is 13.3. The molecule has 3 heterocycles. The molecule has 1 saturated heterocycles. The van der Waals surface area contributed by atoms with Gasteiger partial charge in [0.25, 0.3) is 5.91 Å². The Labute approximate surface area is 215 Å². The van der Waals surface area contributed by atoms with E-state index in [2.05, 4.69) is 20.6 Å². The first-order valence-electron chi connectivity index (χ1n) is 12.1. The summed E-state index contributed by atoms with van der Waals surface area (Å²) in [6.07, 6.45) is 3.36. The summed E-state index contributed by atoms with van der Waals surface area (Å²) >= 11 is 6.45. The van der Waals surface area contributed by atoms with E-state index in [-0.39, 0.29) is 17.9 Å². The van der Waals surface area contributed by atoms with Crippen LogP contribution < -0.4 is 10.6 Å². The first-order chi connectivity index (χ1) is 17.5. The highest BCUT2D eigenvalue weighted by Crippen LogP contribution is 2.32. The van der Waals surface area contributed by atoms with Crippen LogP contribution in [0.5, 0.6) is 0 Å². The molecular formula is C27H28ClN5O3.